The fourth-order valence-electron chi connectivity index (χ4n) is 0.964. The van der Waals surface area contributed by atoms with Crippen LogP contribution >= 0.6 is 11.9 Å². The van der Waals surface area contributed by atoms with Crippen molar-refractivity contribution >= 4 is 17.8 Å². The molecule has 0 unspecified atom stereocenters. The van der Waals surface area contributed by atoms with E-state index in [-0.39, 0.29) is 5.69 Å². The number of fused-ring (bicyclic) bond motifs is 1. The first-order valence-electron chi connectivity index (χ1n) is 3.31. The molecule has 7 heteroatoms. The van der Waals surface area contributed by atoms with Gasteiger partial charge in [0.25, 0.3) is 0 Å². The van der Waals surface area contributed by atoms with Gasteiger partial charge in [-0.1, -0.05) is 5.21 Å². The zero-order valence-electron chi connectivity index (χ0n) is 6.19. The van der Waals surface area contributed by atoms with Crippen molar-refractivity contribution in [2.24, 2.45) is 0 Å². The van der Waals surface area contributed by atoms with E-state index in [2.05, 4.69) is 24.7 Å². The Morgan fingerprint density at radius 2 is 2.46 bits per heavy atom. The lowest BCUT2D eigenvalue weighted by Crippen LogP contribution is -2.08. The van der Waals surface area contributed by atoms with E-state index in [1.807, 2.05) is 0 Å². The molecule has 0 aromatic carbocycles. The number of aromatic amines is 1. The largest absolute Gasteiger partial charge is 0.379 e. The summed E-state index contributed by atoms with van der Waals surface area (Å²) in [6.07, 6.45) is 1.52. The number of nitrogens with zero attached hydrogens (tertiary/aromatic N) is 3. The van der Waals surface area contributed by atoms with Crippen molar-refractivity contribution in [3.8, 4) is 11.4 Å². The first-order valence-corrected chi connectivity index (χ1v) is 3.62. The first kappa shape index (κ1) is 7.93. The van der Waals surface area contributed by atoms with E-state index < -0.39 is 5.97 Å². The maximum atomic E-state index is 11.0. The Morgan fingerprint density at radius 1 is 1.62 bits per heavy atom. The number of halogens is 1. The van der Waals surface area contributed by atoms with E-state index in [0.29, 0.717) is 11.4 Å². The lowest BCUT2D eigenvalue weighted by Gasteiger charge is -1.99. The average molecular weight is 199 g/mol. The molecule has 2 aliphatic rings. The minimum Gasteiger partial charge on any atom is -0.342 e. The number of rotatable bonds is 1. The fraction of sp³-hybridized carbons (Fsp3) is 0. The third kappa shape index (κ3) is 1.20. The number of carbonyl (C=O) groups is 1. The number of nitrogens with one attached hydrogen (secondary N) is 1. The quantitative estimate of drug-likeness (QED) is 0.726. The Labute approximate surface area is 77.4 Å². The molecule has 0 saturated heterocycles. The number of carbonyl (C=O) groups excluding carboxylic acids is 1. The van der Waals surface area contributed by atoms with E-state index in [1.165, 1.54) is 6.20 Å². The summed E-state index contributed by atoms with van der Waals surface area (Å²) in [5.74, 6) is -0.771. The Kier molecular flexibility index (Phi) is 1.82. The maximum absolute atomic E-state index is 11.0. The zero-order chi connectivity index (χ0) is 9.26. The molecular formula is C6H3ClN4O2. The van der Waals surface area contributed by atoms with Gasteiger partial charge in [-0.05, 0) is 6.07 Å². The van der Waals surface area contributed by atoms with Gasteiger partial charge in [-0.2, -0.15) is 0 Å². The molecule has 0 saturated carbocycles. The standard InChI is InChI=1S/C6H3ClN4O2/c7-13-6(12)5-4-3(1-2-8-4)9-11-10-5/h1-2H,(H,9,10). The first-order chi connectivity index (χ1) is 6.33. The summed E-state index contributed by atoms with van der Waals surface area (Å²) >= 11 is 4.90. The average Bonchev–Trinajstić information content (AvgIpc) is 2.63. The highest BCUT2D eigenvalue weighted by Crippen LogP contribution is 2.19. The smallest absolute Gasteiger partial charge is 0.342 e. The lowest BCUT2D eigenvalue weighted by atomic mass is 10.2. The van der Waals surface area contributed by atoms with Crippen LogP contribution in [0.15, 0.2) is 12.3 Å². The minimum atomic E-state index is -0.771. The van der Waals surface area contributed by atoms with Gasteiger partial charge >= 0.3 is 5.97 Å². The summed E-state index contributed by atoms with van der Waals surface area (Å²) in [6.45, 7) is 0. The van der Waals surface area contributed by atoms with E-state index >= 15 is 0 Å². The van der Waals surface area contributed by atoms with Gasteiger partial charge in [-0.3, -0.25) is 10.1 Å². The third-order valence-electron chi connectivity index (χ3n) is 1.51. The molecule has 0 spiro atoms. The van der Waals surface area contributed by atoms with Crippen molar-refractivity contribution < 1.29 is 9.08 Å². The fourth-order valence-corrected chi connectivity index (χ4v) is 1.04. The van der Waals surface area contributed by atoms with Crippen LogP contribution in [0.3, 0.4) is 0 Å². The predicted octanol–water partition coefficient (Wildman–Crippen LogP) is 0.615. The normalized spacial score (nSPS) is 10.2. The summed E-state index contributed by atoms with van der Waals surface area (Å²) in [5, 5.41) is 9.58. The molecule has 0 atom stereocenters. The molecule has 0 radical (unpaired) electrons. The van der Waals surface area contributed by atoms with E-state index in [1.54, 1.807) is 6.07 Å². The van der Waals surface area contributed by atoms with Crippen LogP contribution in [0.5, 0.6) is 0 Å². The molecule has 6 nitrogen and oxygen atoms in total. The van der Waals surface area contributed by atoms with Crippen LogP contribution < -0.4 is 0 Å². The molecule has 0 aromatic heterocycles. The molecular weight excluding hydrogens is 196 g/mol. The van der Waals surface area contributed by atoms with Gasteiger partial charge in [0.05, 0.1) is 5.69 Å². The van der Waals surface area contributed by atoms with Gasteiger partial charge in [0, 0.05) is 6.20 Å². The highest BCUT2D eigenvalue weighted by atomic mass is 35.5. The van der Waals surface area contributed by atoms with Crippen LogP contribution in [0.1, 0.15) is 10.5 Å². The highest BCUT2D eigenvalue weighted by Gasteiger charge is 2.19. The Morgan fingerprint density at radius 3 is 3.23 bits per heavy atom. The van der Waals surface area contributed by atoms with Gasteiger partial charge < -0.3 is 4.29 Å². The van der Waals surface area contributed by atoms with Gasteiger partial charge in [0.1, 0.15) is 17.6 Å². The molecule has 0 aliphatic carbocycles. The molecule has 66 valence electrons. The Balaban J connectivity index is 2.58. The van der Waals surface area contributed by atoms with Crippen LogP contribution in [0.25, 0.3) is 11.4 Å². The van der Waals surface area contributed by atoms with E-state index in [4.69, 9.17) is 11.9 Å². The second-order valence-electron chi connectivity index (χ2n) is 2.23. The van der Waals surface area contributed by atoms with Crippen LogP contribution in [0.2, 0.25) is 0 Å². The summed E-state index contributed by atoms with van der Waals surface area (Å²) < 4.78 is 3.99. The van der Waals surface area contributed by atoms with Crippen LogP contribution in [-0.4, -0.2) is 26.4 Å². The van der Waals surface area contributed by atoms with Crippen molar-refractivity contribution in [2.45, 2.75) is 0 Å². The molecule has 1 N–H and O–H groups in total. The maximum Gasteiger partial charge on any atom is 0.379 e. The molecule has 0 fully saturated rings. The predicted molar refractivity (Wildman–Crippen MR) is 42.1 cm³/mol. The highest BCUT2D eigenvalue weighted by molar-refractivity contribution is 6.16. The SMILES string of the molecule is O=C(OCl)c1nn[nH]c2ccnc1-2. The van der Waals surface area contributed by atoms with Gasteiger partial charge in [-0.15, -0.1) is 5.10 Å². The summed E-state index contributed by atoms with van der Waals surface area (Å²) in [4.78, 5) is 14.9. The molecule has 2 rings (SSSR count). The Hall–Kier alpha value is -1.69. The van der Waals surface area contributed by atoms with Gasteiger partial charge in [0.2, 0.25) is 5.69 Å². The zero-order valence-corrected chi connectivity index (χ0v) is 6.95. The van der Waals surface area contributed by atoms with Crippen molar-refractivity contribution in [1.29, 1.82) is 0 Å². The molecule has 0 amide bonds. The summed E-state index contributed by atoms with van der Waals surface area (Å²) in [7, 11) is 0. The number of H-pyrrole nitrogens is 1. The third-order valence-corrected chi connectivity index (χ3v) is 1.65. The molecule has 2 aliphatic heterocycles. The molecule has 0 bridgehead atoms. The van der Waals surface area contributed by atoms with Crippen LogP contribution in [0.4, 0.5) is 0 Å². The van der Waals surface area contributed by atoms with Crippen molar-refractivity contribution in [1.82, 2.24) is 20.4 Å². The van der Waals surface area contributed by atoms with Crippen molar-refractivity contribution in [3.63, 3.8) is 0 Å². The lowest BCUT2D eigenvalue weighted by molar-refractivity contribution is 0.0744. The summed E-state index contributed by atoms with van der Waals surface area (Å²) in [6, 6.07) is 1.66. The Bertz CT molecular complexity index is 415. The van der Waals surface area contributed by atoms with Gasteiger partial charge in [-0.25, -0.2) is 4.79 Å². The van der Waals surface area contributed by atoms with Crippen molar-refractivity contribution in [2.75, 3.05) is 0 Å². The van der Waals surface area contributed by atoms with Crippen LogP contribution in [-0.2, 0) is 4.29 Å². The van der Waals surface area contributed by atoms with E-state index in [9.17, 15) is 4.79 Å². The molecule has 0 aromatic rings. The number of aromatic nitrogens is 4. The number of hydrogen-bond donors (Lipinski definition) is 1. The second kappa shape index (κ2) is 2.98. The van der Waals surface area contributed by atoms with Gasteiger partial charge in [0.15, 0.2) is 0 Å². The monoisotopic (exact) mass is 198 g/mol. The number of hydrogen-bond acceptors (Lipinski definition) is 5. The van der Waals surface area contributed by atoms with Crippen molar-refractivity contribution in [3.05, 3.63) is 18.0 Å². The van der Waals surface area contributed by atoms with E-state index in [0.717, 1.165) is 0 Å². The minimum absolute atomic E-state index is 0.00579. The summed E-state index contributed by atoms with van der Waals surface area (Å²) in [5.41, 5.74) is 0.987. The topological polar surface area (TPSA) is 80.8 Å². The second-order valence-corrected chi connectivity index (χ2v) is 2.39. The van der Waals surface area contributed by atoms with Crippen LogP contribution in [0, 0.1) is 0 Å². The molecule has 13 heavy (non-hydrogen) atoms. The molecule has 2 heterocycles.